The summed E-state index contributed by atoms with van der Waals surface area (Å²) in [7, 11) is 1.00. The molecule has 3 unspecified atom stereocenters. The first kappa shape index (κ1) is 94.0. The molecular formula is C86H119N13O19. The molecule has 32 heteroatoms. The van der Waals surface area contributed by atoms with E-state index in [0.29, 0.717) is 135 Å². The molecule has 6 aliphatic rings. The van der Waals surface area contributed by atoms with E-state index in [0.717, 1.165) is 29.4 Å². The van der Waals surface area contributed by atoms with Crippen molar-refractivity contribution in [2.45, 2.75) is 273 Å². The largest absolute Gasteiger partial charge is 0.481 e. The van der Waals surface area contributed by atoms with Crippen molar-refractivity contribution in [2.24, 2.45) is 0 Å². The average molecular weight is 1640 g/mol. The summed E-state index contributed by atoms with van der Waals surface area (Å²) in [4.78, 5) is 199. The Balaban J connectivity index is 0.000000243. The average Bonchev–Trinajstić information content (AvgIpc) is 1.54. The maximum atomic E-state index is 13.7. The van der Waals surface area contributed by atoms with Gasteiger partial charge in [-0.05, 0) is 141 Å². The molecule has 9 atom stereocenters. The van der Waals surface area contributed by atoms with Gasteiger partial charge in [0.05, 0.1) is 0 Å². The minimum Gasteiger partial charge on any atom is -0.481 e. The first-order chi connectivity index (χ1) is 56.3. The Kier molecular flexibility index (Phi) is 36.7. The van der Waals surface area contributed by atoms with Crippen LogP contribution in [-0.2, 0) is 103 Å². The Morgan fingerprint density at radius 3 is 0.966 bits per heavy atom. The Morgan fingerprint density at radius 1 is 0.381 bits per heavy atom. The molecule has 10 rings (SSSR count). The highest BCUT2D eigenvalue weighted by Crippen LogP contribution is 2.27. The standard InChI is InChI=1S/C33H42N4O6.C26H37N5O6.C26H36N4O6.CH4O/c1-33(2)32(42)35-26(21-23-13-6-3-7-14-23)31(41)37-20-12-18-27(37)30(40)34-25(29(39)36-33)17-10-5-11-19-28(38)43-22-24-15-8-4-9-16-24;1-26(2)25(36)28-19(16-17-10-5-3-6-11-17)24(35)31-15-9-13-20(31)23(34)27-18(22(33)29-26)12-7-4-8-14-21(32)30-37;1-26(2)25(36)28-19(16-17-10-5-3-6-11-17)24(35)30-15-9-13-20(30)23(34)27-18(22(33)29-26)12-7-4-8-14-21(31)32;1-2/h3-4,6-9,13-16,25-27H,5,10-12,17-22H2,1-2H3,(H,34,40)(H,35,42)(H,36,39);3,5-6,10-11,18-20,37H,4,7-9,12-16H2,1-2H3,(H,27,34)(H,28,36)(H,29,33)(H,30,32);3,5-6,10-11,18-20H,4,7-9,12-16H2,1-2H3,(H,27,34)(H,28,36)(H,29,33)(H,31,32);2H,1H3/t25-,26?,27+;2*18-,19?,20+;/m000./s1. The number of aliphatic hydroxyl groups is 1. The van der Waals surface area contributed by atoms with Crippen LogP contribution in [0.25, 0.3) is 0 Å². The van der Waals surface area contributed by atoms with E-state index in [1.807, 2.05) is 121 Å². The van der Waals surface area contributed by atoms with Gasteiger partial charge in [-0.2, -0.15) is 0 Å². The SMILES string of the molecule is CC1(C)NC(=O)[C@H](CCCCCC(=O)NO)NC(=O)[C@H]2CCCN2C(=O)C(Cc2ccccc2)NC1=O.CC1(C)NC(=O)[C@H](CCCCCC(=O)O)NC(=O)[C@H]2CCCN2C(=O)C(Cc2ccccc2)NC1=O.CC1(C)NC(=O)[C@H](CCCCCC(=O)OCc2ccccc2)NC(=O)[C@H]2CCCN2C(=O)C(Cc2ccccc2)NC1=O.CO. The molecule has 4 aromatic carbocycles. The predicted molar refractivity (Wildman–Crippen MR) is 434 cm³/mol. The molecule has 4 aromatic rings. The Hall–Kier alpha value is -11.2. The van der Waals surface area contributed by atoms with Crippen LogP contribution in [0.3, 0.4) is 0 Å². The number of amides is 13. The summed E-state index contributed by atoms with van der Waals surface area (Å²) in [5.41, 5.74) is 1.12. The molecule has 642 valence electrons. The topological polar surface area (TPSA) is 456 Å². The number of benzene rings is 4. The van der Waals surface area contributed by atoms with Crippen LogP contribution in [0.2, 0.25) is 0 Å². The van der Waals surface area contributed by atoms with E-state index in [4.69, 9.17) is 20.2 Å². The molecule has 0 radical (unpaired) electrons. The van der Waals surface area contributed by atoms with Crippen LogP contribution in [0.5, 0.6) is 0 Å². The number of hydrogen-bond acceptors (Lipinski definition) is 18. The number of hydrogen-bond donors (Lipinski definition) is 13. The van der Waals surface area contributed by atoms with Crippen molar-refractivity contribution in [3.05, 3.63) is 144 Å². The van der Waals surface area contributed by atoms with Gasteiger partial charge in [0.15, 0.2) is 0 Å². The van der Waals surface area contributed by atoms with E-state index in [1.54, 1.807) is 47.0 Å². The van der Waals surface area contributed by atoms with E-state index in [9.17, 15) is 71.9 Å². The fraction of sp³-hybridized carbons (Fsp3) is 0.547. The van der Waals surface area contributed by atoms with Crippen LogP contribution in [0.1, 0.15) is 199 Å². The first-order valence-corrected chi connectivity index (χ1v) is 41.0. The fourth-order valence-electron chi connectivity index (χ4n) is 14.9. The second-order valence-electron chi connectivity index (χ2n) is 32.1. The Bertz CT molecular complexity index is 4080. The van der Waals surface area contributed by atoms with E-state index in [2.05, 4.69) is 47.9 Å². The van der Waals surface area contributed by atoms with Gasteiger partial charge < -0.3 is 77.5 Å². The van der Waals surface area contributed by atoms with Gasteiger partial charge in [-0.3, -0.25) is 77.1 Å². The van der Waals surface area contributed by atoms with Gasteiger partial charge >= 0.3 is 11.9 Å². The molecule has 0 saturated carbocycles. The number of unbranched alkanes of at least 4 members (excludes halogenated alkanes) is 6. The lowest BCUT2D eigenvalue weighted by molar-refractivity contribution is -0.145. The van der Waals surface area contributed by atoms with E-state index in [1.165, 1.54) is 14.7 Å². The number of fused-ring (bicyclic) bond motifs is 3. The predicted octanol–water partition coefficient (Wildman–Crippen LogP) is 4.09. The van der Waals surface area contributed by atoms with Gasteiger partial charge in [0.1, 0.15) is 77.6 Å². The van der Waals surface area contributed by atoms with Crippen molar-refractivity contribution < 1.29 is 92.1 Å². The van der Waals surface area contributed by atoms with Gasteiger partial charge in [0, 0.05) is 65.3 Å². The molecule has 0 aliphatic carbocycles. The minimum atomic E-state index is -1.34. The summed E-state index contributed by atoms with van der Waals surface area (Å²) in [6, 6.07) is 30.0. The third-order valence-electron chi connectivity index (χ3n) is 21.6. The van der Waals surface area contributed by atoms with Crippen molar-refractivity contribution in [3.63, 3.8) is 0 Å². The number of nitrogens with one attached hydrogen (secondary N) is 10. The molecule has 6 aliphatic heterocycles. The normalized spacial score (nSPS) is 23.3. The lowest BCUT2D eigenvalue weighted by atomic mass is 9.98. The molecule has 0 aromatic heterocycles. The third kappa shape index (κ3) is 28.6. The van der Waals surface area contributed by atoms with Gasteiger partial charge in [-0.25, -0.2) is 5.48 Å². The monoisotopic (exact) mass is 1640 g/mol. The summed E-state index contributed by atoms with van der Waals surface area (Å²) in [5.74, 6) is -6.68. The second-order valence-corrected chi connectivity index (χ2v) is 32.1. The summed E-state index contributed by atoms with van der Waals surface area (Å²) in [5, 5.41) is 49.6. The third-order valence-corrected chi connectivity index (χ3v) is 21.6. The number of ether oxygens (including phenoxy) is 1. The van der Waals surface area contributed by atoms with Gasteiger partial charge in [-0.1, -0.05) is 160 Å². The van der Waals surface area contributed by atoms with Gasteiger partial charge in [0.2, 0.25) is 76.8 Å². The lowest BCUT2D eigenvalue weighted by Gasteiger charge is -2.34. The van der Waals surface area contributed by atoms with Crippen LogP contribution in [0.4, 0.5) is 0 Å². The van der Waals surface area contributed by atoms with Crippen LogP contribution < -0.4 is 53.3 Å². The van der Waals surface area contributed by atoms with Crippen LogP contribution in [0.15, 0.2) is 121 Å². The highest BCUT2D eigenvalue weighted by Gasteiger charge is 2.47. The highest BCUT2D eigenvalue weighted by atomic mass is 16.5. The Morgan fingerprint density at radius 2 is 0.669 bits per heavy atom. The molecule has 13 N–H and O–H groups in total. The quantitative estimate of drug-likeness (QED) is 0.0182. The fourth-order valence-corrected chi connectivity index (χ4v) is 14.9. The van der Waals surface area contributed by atoms with Crippen molar-refractivity contribution in [2.75, 3.05) is 26.7 Å². The molecule has 118 heavy (non-hydrogen) atoms. The molecule has 6 fully saturated rings. The minimum absolute atomic E-state index is 0.0414. The number of carboxylic acids is 1. The van der Waals surface area contributed by atoms with Gasteiger partial charge in [0.25, 0.3) is 0 Å². The zero-order chi connectivity index (χ0) is 86.1. The summed E-state index contributed by atoms with van der Waals surface area (Å²) in [6.07, 6.45) is 10.6. The smallest absolute Gasteiger partial charge is 0.306 e. The molecule has 13 amide bonds. The number of rotatable bonds is 26. The van der Waals surface area contributed by atoms with Crippen molar-refractivity contribution in [1.29, 1.82) is 0 Å². The number of carbonyl (C=O) groups excluding carboxylic acids is 14. The summed E-state index contributed by atoms with van der Waals surface area (Å²) in [6.45, 7) is 10.8. The molecule has 32 nitrogen and oxygen atoms in total. The molecule has 0 bridgehead atoms. The zero-order valence-corrected chi connectivity index (χ0v) is 68.8. The van der Waals surface area contributed by atoms with Crippen molar-refractivity contribution >= 4 is 88.7 Å². The van der Waals surface area contributed by atoms with E-state index >= 15 is 0 Å². The number of carbonyl (C=O) groups is 15. The second kappa shape index (κ2) is 46.1. The summed E-state index contributed by atoms with van der Waals surface area (Å²) < 4.78 is 5.33. The number of aliphatic hydroxyl groups excluding tert-OH is 1. The number of nitrogens with zero attached hydrogens (tertiary/aromatic N) is 3. The summed E-state index contributed by atoms with van der Waals surface area (Å²) >= 11 is 0. The number of carboxylic acid groups (broad SMARTS) is 1. The molecule has 6 heterocycles. The number of hydroxylamine groups is 1. The maximum absolute atomic E-state index is 13.7. The van der Waals surface area contributed by atoms with Gasteiger partial charge in [-0.15, -0.1) is 0 Å². The van der Waals surface area contributed by atoms with Crippen LogP contribution in [-0.4, -0.2) is 217 Å². The first-order valence-electron chi connectivity index (χ1n) is 41.0. The zero-order valence-electron chi connectivity index (χ0n) is 68.8. The maximum Gasteiger partial charge on any atom is 0.306 e. The molecular weight excluding hydrogens is 1520 g/mol. The van der Waals surface area contributed by atoms with E-state index < -0.39 is 130 Å². The molecule has 0 spiro atoms. The highest BCUT2D eigenvalue weighted by molar-refractivity contribution is 6.02. The Labute approximate surface area is 689 Å². The van der Waals surface area contributed by atoms with Crippen molar-refractivity contribution in [1.82, 2.24) is 68.0 Å². The van der Waals surface area contributed by atoms with Crippen LogP contribution >= 0.6 is 0 Å². The lowest BCUT2D eigenvalue weighted by Crippen LogP contribution is -2.64. The molecule has 6 saturated heterocycles. The number of esters is 1. The van der Waals surface area contributed by atoms with Crippen molar-refractivity contribution in [3.8, 4) is 0 Å². The van der Waals surface area contributed by atoms with Crippen LogP contribution in [0, 0.1) is 0 Å². The van der Waals surface area contributed by atoms with E-state index in [-0.39, 0.29) is 74.7 Å². The number of aliphatic carboxylic acids is 1.